The van der Waals surface area contributed by atoms with Crippen LogP contribution in [0.5, 0.6) is 5.75 Å². The summed E-state index contributed by atoms with van der Waals surface area (Å²) in [5.41, 5.74) is 0.543. The zero-order valence-electron chi connectivity index (χ0n) is 17.2. The van der Waals surface area contributed by atoms with E-state index in [-0.39, 0.29) is 18.4 Å². The molecule has 2 fully saturated rings. The second-order valence-corrected chi connectivity index (χ2v) is 7.78. The summed E-state index contributed by atoms with van der Waals surface area (Å²) in [6, 6.07) is 11.9. The Morgan fingerprint density at radius 3 is 2.77 bits per heavy atom. The number of methoxy groups -OCH3 is 1. The molecule has 1 saturated carbocycles. The van der Waals surface area contributed by atoms with Gasteiger partial charge in [0.05, 0.1) is 26.0 Å². The van der Waals surface area contributed by atoms with Gasteiger partial charge in [0.2, 0.25) is 5.91 Å². The van der Waals surface area contributed by atoms with Crippen molar-refractivity contribution >= 4 is 11.8 Å². The Kier molecular flexibility index (Phi) is 5.99. The second-order valence-electron chi connectivity index (χ2n) is 7.78. The van der Waals surface area contributed by atoms with E-state index in [1.807, 2.05) is 18.2 Å². The number of amides is 2. The number of carbonyl (C=O) groups excluding carboxylic acids is 2. The maximum absolute atomic E-state index is 13.6. The second kappa shape index (κ2) is 8.83. The van der Waals surface area contributed by atoms with Crippen molar-refractivity contribution in [2.75, 3.05) is 13.7 Å². The van der Waals surface area contributed by atoms with Crippen molar-refractivity contribution in [1.82, 2.24) is 15.2 Å². The number of rotatable bonds is 5. The summed E-state index contributed by atoms with van der Waals surface area (Å²) >= 11 is 0. The van der Waals surface area contributed by atoms with Gasteiger partial charge in [-0.2, -0.15) is 0 Å². The normalized spacial score (nSPS) is 20.2. The van der Waals surface area contributed by atoms with Crippen LogP contribution in [0, 0.1) is 0 Å². The van der Waals surface area contributed by atoms with E-state index in [1.54, 1.807) is 42.5 Å². The number of carbonyl (C=O) groups is 2. The summed E-state index contributed by atoms with van der Waals surface area (Å²) < 4.78 is 11.5. The van der Waals surface area contributed by atoms with E-state index in [1.165, 1.54) is 0 Å². The summed E-state index contributed by atoms with van der Waals surface area (Å²) in [4.78, 5) is 32.6. The van der Waals surface area contributed by atoms with E-state index < -0.39 is 11.8 Å². The molecular weight excluding hydrogens is 382 g/mol. The van der Waals surface area contributed by atoms with Gasteiger partial charge in [-0.15, -0.1) is 0 Å². The Balaban J connectivity index is 1.58. The molecule has 1 aliphatic heterocycles. The van der Waals surface area contributed by atoms with Crippen molar-refractivity contribution < 1.29 is 19.1 Å². The molecule has 1 saturated heterocycles. The number of pyridine rings is 1. The fraction of sp³-hybridized carbons (Fsp3) is 0.435. The van der Waals surface area contributed by atoms with Crippen LogP contribution in [-0.2, 0) is 16.1 Å². The van der Waals surface area contributed by atoms with Crippen LogP contribution in [0.4, 0.5) is 0 Å². The lowest BCUT2D eigenvalue weighted by Gasteiger charge is -2.41. The molecule has 1 aliphatic carbocycles. The minimum Gasteiger partial charge on any atom is -0.497 e. The highest BCUT2D eigenvalue weighted by Crippen LogP contribution is 2.41. The van der Waals surface area contributed by atoms with Gasteiger partial charge in [-0.1, -0.05) is 18.6 Å². The van der Waals surface area contributed by atoms with E-state index in [4.69, 9.17) is 9.47 Å². The fourth-order valence-corrected chi connectivity index (χ4v) is 4.36. The van der Waals surface area contributed by atoms with Gasteiger partial charge in [0.25, 0.3) is 5.91 Å². The van der Waals surface area contributed by atoms with Crippen LogP contribution in [0.1, 0.15) is 48.2 Å². The highest BCUT2D eigenvalue weighted by molar-refractivity contribution is 5.98. The molecule has 4 rings (SSSR count). The molecule has 1 aromatic heterocycles. The van der Waals surface area contributed by atoms with Crippen LogP contribution >= 0.6 is 0 Å². The molecule has 2 aliphatic rings. The molecule has 1 N–H and O–H groups in total. The van der Waals surface area contributed by atoms with Crippen LogP contribution in [0.2, 0.25) is 0 Å². The first-order valence-corrected chi connectivity index (χ1v) is 10.4. The van der Waals surface area contributed by atoms with Crippen LogP contribution in [0.15, 0.2) is 48.7 Å². The number of aromatic nitrogens is 1. The molecule has 2 aromatic rings. The Bertz CT molecular complexity index is 896. The lowest BCUT2D eigenvalue weighted by molar-refractivity contribution is -0.127. The number of nitrogens with zero attached hydrogens (tertiary/aromatic N) is 2. The molecule has 30 heavy (non-hydrogen) atoms. The molecule has 1 aromatic carbocycles. The summed E-state index contributed by atoms with van der Waals surface area (Å²) in [7, 11) is 1.57. The highest BCUT2D eigenvalue weighted by atomic mass is 16.5. The van der Waals surface area contributed by atoms with Crippen molar-refractivity contribution in [1.29, 1.82) is 0 Å². The third kappa shape index (κ3) is 4.03. The van der Waals surface area contributed by atoms with Gasteiger partial charge in [0.15, 0.2) is 0 Å². The van der Waals surface area contributed by atoms with E-state index in [0.29, 0.717) is 17.9 Å². The average Bonchev–Trinajstić information content (AvgIpc) is 3.16. The summed E-state index contributed by atoms with van der Waals surface area (Å²) in [6.07, 6.45) is 6.24. The van der Waals surface area contributed by atoms with Gasteiger partial charge < -0.3 is 14.8 Å². The van der Waals surface area contributed by atoms with E-state index >= 15 is 0 Å². The summed E-state index contributed by atoms with van der Waals surface area (Å²) in [5, 5.41) is 2.92. The number of hydrogen-bond acceptors (Lipinski definition) is 5. The minimum absolute atomic E-state index is 0.198. The Labute approximate surface area is 176 Å². The third-order valence-corrected chi connectivity index (χ3v) is 5.90. The minimum atomic E-state index is -0.717. The lowest BCUT2D eigenvalue weighted by atomic mass is 9.89. The first-order valence-electron chi connectivity index (χ1n) is 10.4. The van der Waals surface area contributed by atoms with Crippen LogP contribution in [-0.4, -0.2) is 47.2 Å². The molecule has 0 radical (unpaired) electrons. The maximum Gasteiger partial charge on any atom is 0.257 e. The van der Waals surface area contributed by atoms with Crippen LogP contribution in [0.3, 0.4) is 0 Å². The number of ether oxygens (including phenoxy) is 2. The Morgan fingerprint density at radius 2 is 2.03 bits per heavy atom. The molecular formula is C23H27N3O4. The SMILES string of the molecule is COc1cccc(C(=O)N2C(C(=O)NCc3ccccn3)COC23CCCCC3)c1. The topological polar surface area (TPSA) is 80.8 Å². The molecule has 2 amide bonds. The van der Waals surface area contributed by atoms with E-state index in [9.17, 15) is 9.59 Å². The smallest absolute Gasteiger partial charge is 0.257 e. The van der Waals surface area contributed by atoms with Crippen molar-refractivity contribution in [2.24, 2.45) is 0 Å². The van der Waals surface area contributed by atoms with Crippen molar-refractivity contribution in [3.05, 3.63) is 59.9 Å². The van der Waals surface area contributed by atoms with Crippen molar-refractivity contribution in [2.45, 2.75) is 50.4 Å². The molecule has 0 bridgehead atoms. The van der Waals surface area contributed by atoms with Gasteiger partial charge in [-0.25, -0.2) is 0 Å². The first kappa shape index (κ1) is 20.3. The zero-order chi connectivity index (χ0) is 21.0. The third-order valence-electron chi connectivity index (χ3n) is 5.90. The quantitative estimate of drug-likeness (QED) is 0.821. The van der Waals surface area contributed by atoms with Crippen LogP contribution in [0.25, 0.3) is 0 Å². The molecule has 2 heterocycles. The number of hydrogen-bond donors (Lipinski definition) is 1. The van der Waals surface area contributed by atoms with Gasteiger partial charge in [-0.05, 0) is 56.0 Å². The predicted molar refractivity (Wildman–Crippen MR) is 111 cm³/mol. The van der Waals surface area contributed by atoms with Gasteiger partial charge in [0.1, 0.15) is 17.5 Å². The van der Waals surface area contributed by atoms with Gasteiger partial charge in [-0.3, -0.25) is 19.5 Å². The predicted octanol–water partition coefficient (Wildman–Crippen LogP) is 2.91. The van der Waals surface area contributed by atoms with E-state index in [2.05, 4.69) is 10.3 Å². The highest BCUT2D eigenvalue weighted by Gasteiger charge is 2.52. The molecule has 1 unspecified atom stereocenters. The molecule has 7 heteroatoms. The summed E-state index contributed by atoms with van der Waals surface area (Å²) in [5.74, 6) is 0.181. The number of benzene rings is 1. The number of nitrogens with one attached hydrogen (secondary N) is 1. The Hall–Kier alpha value is -2.93. The lowest BCUT2D eigenvalue weighted by Crippen LogP contribution is -2.56. The maximum atomic E-state index is 13.6. The van der Waals surface area contributed by atoms with Crippen molar-refractivity contribution in [3.8, 4) is 5.75 Å². The first-order chi connectivity index (χ1) is 14.6. The van der Waals surface area contributed by atoms with Gasteiger partial charge >= 0.3 is 0 Å². The molecule has 158 valence electrons. The summed E-state index contributed by atoms with van der Waals surface area (Å²) in [6.45, 7) is 0.508. The monoisotopic (exact) mass is 409 g/mol. The largest absolute Gasteiger partial charge is 0.497 e. The van der Waals surface area contributed by atoms with Gasteiger partial charge in [0, 0.05) is 11.8 Å². The molecule has 1 spiro atoms. The van der Waals surface area contributed by atoms with Crippen molar-refractivity contribution in [3.63, 3.8) is 0 Å². The molecule has 1 atom stereocenters. The Morgan fingerprint density at radius 1 is 1.20 bits per heavy atom. The molecule has 7 nitrogen and oxygen atoms in total. The zero-order valence-corrected chi connectivity index (χ0v) is 17.2. The average molecular weight is 409 g/mol. The van der Waals surface area contributed by atoms with Crippen LogP contribution < -0.4 is 10.1 Å². The standard InChI is InChI=1S/C23H27N3O4/c1-29-19-10-7-8-17(14-19)22(28)26-20(16-30-23(26)11-4-2-5-12-23)21(27)25-15-18-9-3-6-13-24-18/h3,6-10,13-14,20H,2,4-5,11-12,15-16H2,1H3,(H,25,27). The van der Waals surface area contributed by atoms with E-state index in [0.717, 1.165) is 37.8 Å². The fourth-order valence-electron chi connectivity index (χ4n) is 4.36.